The van der Waals surface area contributed by atoms with Crippen LogP contribution in [-0.2, 0) is 6.42 Å². The molecule has 3 N–H and O–H groups in total. The summed E-state index contributed by atoms with van der Waals surface area (Å²) in [6.45, 7) is 0. The van der Waals surface area contributed by atoms with Gasteiger partial charge in [-0.05, 0) is 18.9 Å². The van der Waals surface area contributed by atoms with Gasteiger partial charge >= 0.3 is 0 Å². The average Bonchev–Trinajstić information content (AvgIpc) is 3.12. The lowest BCUT2D eigenvalue weighted by molar-refractivity contribution is 0.461. The van der Waals surface area contributed by atoms with Crippen molar-refractivity contribution < 1.29 is 0 Å². The molecular weight excluding hydrogens is 228 g/mol. The SMILES string of the molecule is NC(Cc1ccn(C2CCCC2)n1)c1ncn[nH]1. The molecule has 1 saturated carbocycles. The van der Waals surface area contributed by atoms with Crippen LogP contribution >= 0.6 is 0 Å². The normalized spacial score (nSPS) is 18.3. The maximum atomic E-state index is 6.05. The second kappa shape index (κ2) is 4.89. The molecule has 1 aliphatic rings. The minimum absolute atomic E-state index is 0.167. The number of hydrogen-bond donors (Lipinski definition) is 2. The van der Waals surface area contributed by atoms with Gasteiger partial charge in [0.2, 0.25) is 0 Å². The Morgan fingerprint density at radius 3 is 3.00 bits per heavy atom. The second-order valence-electron chi connectivity index (χ2n) is 4.91. The Bertz CT molecular complexity index is 482. The molecule has 6 nitrogen and oxygen atoms in total. The van der Waals surface area contributed by atoms with Gasteiger partial charge in [0.15, 0.2) is 0 Å². The highest BCUT2D eigenvalue weighted by Gasteiger charge is 2.18. The fraction of sp³-hybridized carbons (Fsp3) is 0.583. The minimum atomic E-state index is -0.167. The highest BCUT2D eigenvalue weighted by molar-refractivity contribution is 5.05. The van der Waals surface area contributed by atoms with Crippen molar-refractivity contribution in [2.45, 2.75) is 44.2 Å². The Balaban J connectivity index is 1.66. The first-order chi connectivity index (χ1) is 8.83. The lowest BCUT2D eigenvalue weighted by atomic mass is 10.1. The summed E-state index contributed by atoms with van der Waals surface area (Å²) in [5.74, 6) is 0.713. The zero-order valence-corrected chi connectivity index (χ0v) is 10.3. The molecule has 0 bridgehead atoms. The molecule has 0 radical (unpaired) electrons. The van der Waals surface area contributed by atoms with Crippen LogP contribution in [0.4, 0.5) is 0 Å². The Hall–Kier alpha value is -1.69. The van der Waals surface area contributed by atoms with Crippen molar-refractivity contribution in [3.8, 4) is 0 Å². The first-order valence-corrected chi connectivity index (χ1v) is 6.48. The van der Waals surface area contributed by atoms with E-state index in [2.05, 4.69) is 37.2 Å². The molecule has 1 fully saturated rings. The van der Waals surface area contributed by atoms with Crippen LogP contribution in [0.25, 0.3) is 0 Å². The van der Waals surface area contributed by atoms with E-state index in [-0.39, 0.29) is 6.04 Å². The molecule has 0 amide bonds. The van der Waals surface area contributed by atoms with Gasteiger partial charge in [0.05, 0.1) is 17.8 Å². The van der Waals surface area contributed by atoms with Gasteiger partial charge in [-0.25, -0.2) is 4.98 Å². The van der Waals surface area contributed by atoms with Gasteiger partial charge in [0.1, 0.15) is 12.2 Å². The summed E-state index contributed by atoms with van der Waals surface area (Å²) in [6.07, 6.45) is 9.36. The van der Waals surface area contributed by atoms with Gasteiger partial charge < -0.3 is 5.73 Å². The molecule has 3 rings (SSSR count). The molecule has 6 heteroatoms. The molecule has 2 aromatic heterocycles. The Labute approximate surface area is 106 Å². The number of nitrogens with two attached hydrogens (primary N) is 1. The summed E-state index contributed by atoms with van der Waals surface area (Å²) >= 11 is 0. The van der Waals surface area contributed by atoms with Crippen LogP contribution in [0.1, 0.15) is 49.3 Å². The molecule has 1 atom stereocenters. The quantitative estimate of drug-likeness (QED) is 0.853. The molecule has 1 aliphatic carbocycles. The monoisotopic (exact) mass is 246 g/mol. The van der Waals surface area contributed by atoms with Gasteiger partial charge in [0.25, 0.3) is 0 Å². The lowest BCUT2D eigenvalue weighted by Gasteiger charge is -2.09. The molecule has 96 valence electrons. The topological polar surface area (TPSA) is 85.4 Å². The van der Waals surface area contributed by atoms with Crippen molar-refractivity contribution in [2.75, 3.05) is 0 Å². The number of aromatic nitrogens is 5. The molecule has 2 heterocycles. The van der Waals surface area contributed by atoms with E-state index in [1.165, 1.54) is 32.0 Å². The van der Waals surface area contributed by atoms with Gasteiger partial charge in [-0.2, -0.15) is 10.2 Å². The largest absolute Gasteiger partial charge is 0.321 e. The highest BCUT2D eigenvalue weighted by atomic mass is 15.3. The Morgan fingerprint density at radius 2 is 2.28 bits per heavy atom. The number of nitrogens with one attached hydrogen (secondary N) is 1. The van der Waals surface area contributed by atoms with Crippen molar-refractivity contribution in [2.24, 2.45) is 5.73 Å². The van der Waals surface area contributed by atoms with E-state index in [9.17, 15) is 0 Å². The zero-order valence-electron chi connectivity index (χ0n) is 10.3. The summed E-state index contributed by atoms with van der Waals surface area (Å²) in [4.78, 5) is 4.07. The molecule has 1 unspecified atom stereocenters. The van der Waals surface area contributed by atoms with Crippen molar-refractivity contribution in [1.29, 1.82) is 0 Å². The highest BCUT2D eigenvalue weighted by Crippen LogP contribution is 2.28. The van der Waals surface area contributed by atoms with Crippen LogP contribution in [0.15, 0.2) is 18.6 Å². The number of rotatable bonds is 4. The maximum Gasteiger partial charge on any atom is 0.141 e. The zero-order chi connectivity index (χ0) is 12.4. The molecule has 2 aromatic rings. The van der Waals surface area contributed by atoms with Crippen LogP contribution in [0, 0.1) is 0 Å². The van der Waals surface area contributed by atoms with E-state index >= 15 is 0 Å². The van der Waals surface area contributed by atoms with E-state index in [0.717, 1.165) is 5.69 Å². The predicted octanol–water partition coefficient (Wildman–Crippen LogP) is 1.36. The van der Waals surface area contributed by atoms with Gasteiger partial charge in [-0.15, -0.1) is 0 Å². The van der Waals surface area contributed by atoms with E-state index < -0.39 is 0 Å². The summed E-state index contributed by atoms with van der Waals surface area (Å²) in [5, 5.41) is 11.2. The van der Waals surface area contributed by atoms with Crippen LogP contribution < -0.4 is 5.73 Å². The molecule has 18 heavy (non-hydrogen) atoms. The first-order valence-electron chi connectivity index (χ1n) is 6.48. The fourth-order valence-corrected chi connectivity index (χ4v) is 2.57. The van der Waals surface area contributed by atoms with Gasteiger partial charge in [-0.1, -0.05) is 12.8 Å². The third-order valence-corrected chi connectivity index (χ3v) is 3.58. The summed E-state index contributed by atoms with van der Waals surface area (Å²) < 4.78 is 2.09. The average molecular weight is 246 g/mol. The van der Waals surface area contributed by atoms with E-state index in [0.29, 0.717) is 18.3 Å². The van der Waals surface area contributed by atoms with Crippen molar-refractivity contribution in [3.63, 3.8) is 0 Å². The van der Waals surface area contributed by atoms with Crippen LogP contribution in [0.2, 0.25) is 0 Å². The fourth-order valence-electron chi connectivity index (χ4n) is 2.57. The van der Waals surface area contributed by atoms with Gasteiger partial charge in [-0.3, -0.25) is 9.78 Å². The lowest BCUT2D eigenvalue weighted by Crippen LogP contribution is -2.16. The number of H-pyrrole nitrogens is 1. The summed E-state index contributed by atoms with van der Waals surface area (Å²) in [6, 6.07) is 2.47. The van der Waals surface area contributed by atoms with E-state index in [1.807, 2.05) is 0 Å². The summed E-state index contributed by atoms with van der Waals surface area (Å²) in [5.41, 5.74) is 7.07. The van der Waals surface area contributed by atoms with Crippen LogP contribution in [0.5, 0.6) is 0 Å². The Morgan fingerprint density at radius 1 is 1.44 bits per heavy atom. The van der Waals surface area contributed by atoms with Crippen molar-refractivity contribution in [3.05, 3.63) is 30.1 Å². The van der Waals surface area contributed by atoms with E-state index in [1.54, 1.807) is 0 Å². The molecule has 0 saturated heterocycles. The van der Waals surface area contributed by atoms with Gasteiger partial charge in [0, 0.05) is 12.6 Å². The number of nitrogens with zero attached hydrogens (tertiary/aromatic N) is 4. The van der Waals surface area contributed by atoms with Crippen LogP contribution in [-0.4, -0.2) is 25.0 Å². The third kappa shape index (κ3) is 2.28. The molecule has 0 aliphatic heterocycles. The molecular formula is C12H18N6. The molecule has 0 aromatic carbocycles. The third-order valence-electron chi connectivity index (χ3n) is 3.58. The van der Waals surface area contributed by atoms with E-state index in [4.69, 9.17) is 5.73 Å². The molecule has 0 spiro atoms. The Kier molecular flexibility index (Phi) is 3.10. The minimum Gasteiger partial charge on any atom is -0.321 e. The predicted molar refractivity (Wildman–Crippen MR) is 66.7 cm³/mol. The standard InChI is InChI=1S/C12H18N6/c13-11(12-14-8-15-16-12)7-9-5-6-18(17-9)10-3-1-2-4-10/h5-6,8,10-11H,1-4,7,13H2,(H,14,15,16). The number of aromatic amines is 1. The van der Waals surface area contributed by atoms with Crippen LogP contribution in [0.3, 0.4) is 0 Å². The van der Waals surface area contributed by atoms with Crippen molar-refractivity contribution >= 4 is 0 Å². The second-order valence-corrected chi connectivity index (χ2v) is 4.91. The maximum absolute atomic E-state index is 6.05. The smallest absolute Gasteiger partial charge is 0.141 e. The summed E-state index contributed by atoms with van der Waals surface area (Å²) in [7, 11) is 0. The van der Waals surface area contributed by atoms with Crippen molar-refractivity contribution in [1.82, 2.24) is 25.0 Å². The number of hydrogen-bond acceptors (Lipinski definition) is 4. The first kappa shape index (κ1) is 11.4.